The molecule has 1 amide bonds. The number of ether oxygens (including phenoxy) is 1. The van der Waals surface area contributed by atoms with Crippen LogP contribution in [0.15, 0.2) is 18.2 Å². The van der Waals surface area contributed by atoms with E-state index in [4.69, 9.17) is 16.2 Å². The van der Waals surface area contributed by atoms with Gasteiger partial charge in [-0.15, -0.1) is 0 Å². The molecule has 1 aliphatic rings. The summed E-state index contributed by atoms with van der Waals surface area (Å²) in [7, 11) is 0. The van der Waals surface area contributed by atoms with E-state index in [-0.39, 0.29) is 5.54 Å². The normalized spacial score (nSPS) is 18.7. The lowest BCUT2D eigenvalue weighted by molar-refractivity contribution is 0.0643. The minimum absolute atomic E-state index is 0.210. The van der Waals surface area contributed by atoms with E-state index in [0.29, 0.717) is 31.0 Å². The molecule has 18 heavy (non-hydrogen) atoms. The van der Waals surface area contributed by atoms with E-state index in [9.17, 15) is 4.79 Å². The van der Waals surface area contributed by atoms with Crippen LogP contribution in [0.1, 0.15) is 24.2 Å². The molecule has 0 aliphatic carbocycles. The molecule has 5 heteroatoms. The average molecular weight is 249 g/mol. The summed E-state index contributed by atoms with van der Waals surface area (Å²) in [5.41, 5.74) is 13.0. The van der Waals surface area contributed by atoms with E-state index in [1.165, 1.54) is 0 Å². The summed E-state index contributed by atoms with van der Waals surface area (Å²) in [6.45, 7) is 6.03. The zero-order valence-electron chi connectivity index (χ0n) is 10.8. The number of carbonyl (C=O) groups is 1. The Balaban J connectivity index is 2.52. The van der Waals surface area contributed by atoms with Crippen molar-refractivity contribution in [3.8, 4) is 0 Å². The number of nitrogen functional groups attached to an aromatic ring is 1. The highest BCUT2D eigenvalue weighted by Gasteiger charge is 2.33. The summed E-state index contributed by atoms with van der Waals surface area (Å²) in [6, 6.07) is 5.24. The van der Waals surface area contributed by atoms with E-state index in [0.717, 1.165) is 5.69 Å². The average Bonchev–Trinajstić information content (AvgIpc) is 2.29. The standard InChI is InChI=1S/C13H19N3O2/c1-13(2)8-18-7-6-16(13)11-9(12(15)17)4-3-5-10(11)14/h3-5H,6-8,14H2,1-2H3,(H2,15,17). The summed E-state index contributed by atoms with van der Waals surface area (Å²) < 4.78 is 5.48. The lowest BCUT2D eigenvalue weighted by Crippen LogP contribution is -2.54. The van der Waals surface area contributed by atoms with E-state index in [1.54, 1.807) is 18.2 Å². The number of para-hydroxylation sites is 1. The number of hydrogen-bond donors (Lipinski definition) is 2. The van der Waals surface area contributed by atoms with Crippen LogP contribution in [-0.2, 0) is 4.74 Å². The molecule has 1 aromatic rings. The number of rotatable bonds is 2. The van der Waals surface area contributed by atoms with Crippen molar-refractivity contribution in [1.29, 1.82) is 0 Å². The number of nitrogens with two attached hydrogens (primary N) is 2. The van der Waals surface area contributed by atoms with Crippen LogP contribution in [-0.4, -0.2) is 31.2 Å². The second-order valence-electron chi connectivity index (χ2n) is 5.12. The van der Waals surface area contributed by atoms with Crippen LogP contribution in [0.4, 0.5) is 11.4 Å². The Morgan fingerprint density at radius 2 is 2.17 bits per heavy atom. The van der Waals surface area contributed by atoms with Gasteiger partial charge in [0.05, 0.1) is 35.7 Å². The SMILES string of the molecule is CC1(C)COCCN1c1c(N)cccc1C(N)=O. The van der Waals surface area contributed by atoms with Crippen LogP contribution in [0.3, 0.4) is 0 Å². The van der Waals surface area contributed by atoms with Crippen molar-refractivity contribution in [2.75, 3.05) is 30.4 Å². The second-order valence-corrected chi connectivity index (χ2v) is 5.12. The van der Waals surface area contributed by atoms with Gasteiger partial charge in [0.1, 0.15) is 0 Å². The van der Waals surface area contributed by atoms with E-state index < -0.39 is 5.91 Å². The molecule has 0 bridgehead atoms. The van der Waals surface area contributed by atoms with E-state index in [1.807, 2.05) is 0 Å². The van der Waals surface area contributed by atoms with Crippen molar-refractivity contribution < 1.29 is 9.53 Å². The predicted molar refractivity (Wildman–Crippen MR) is 71.6 cm³/mol. The van der Waals surface area contributed by atoms with Gasteiger partial charge in [0.25, 0.3) is 5.91 Å². The van der Waals surface area contributed by atoms with Gasteiger partial charge in [-0.2, -0.15) is 0 Å². The minimum Gasteiger partial charge on any atom is -0.397 e. The zero-order chi connectivity index (χ0) is 13.3. The largest absolute Gasteiger partial charge is 0.397 e. The van der Waals surface area contributed by atoms with Crippen LogP contribution in [0.25, 0.3) is 0 Å². The van der Waals surface area contributed by atoms with Crippen LogP contribution in [0.5, 0.6) is 0 Å². The third-order valence-corrected chi connectivity index (χ3v) is 3.25. The molecule has 0 radical (unpaired) electrons. The zero-order valence-corrected chi connectivity index (χ0v) is 10.8. The Morgan fingerprint density at radius 3 is 2.78 bits per heavy atom. The molecule has 0 saturated carbocycles. The predicted octanol–water partition coefficient (Wildman–Crippen LogP) is 0.983. The second kappa shape index (κ2) is 4.49. The summed E-state index contributed by atoms with van der Waals surface area (Å²) in [4.78, 5) is 13.6. The molecule has 0 spiro atoms. The van der Waals surface area contributed by atoms with Crippen LogP contribution in [0.2, 0.25) is 0 Å². The first kappa shape index (κ1) is 12.7. The fourth-order valence-corrected chi connectivity index (χ4v) is 2.33. The first-order chi connectivity index (χ1) is 8.43. The van der Waals surface area contributed by atoms with E-state index >= 15 is 0 Å². The van der Waals surface area contributed by atoms with Gasteiger partial charge in [0.2, 0.25) is 0 Å². The summed E-state index contributed by atoms with van der Waals surface area (Å²) in [5.74, 6) is -0.459. The fourth-order valence-electron chi connectivity index (χ4n) is 2.33. The van der Waals surface area contributed by atoms with Crippen molar-refractivity contribution in [2.45, 2.75) is 19.4 Å². The highest BCUT2D eigenvalue weighted by molar-refractivity contribution is 6.01. The number of anilines is 2. The smallest absolute Gasteiger partial charge is 0.250 e. The van der Waals surface area contributed by atoms with Gasteiger partial charge in [-0.1, -0.05) is 6.07 Å². The van der Waals surface area contributed by atoms with E-state index in [2.05, 4.69) is 18.7 Å². The van der Waals surface area contributed by atoms with Crippen molar-refractivity contribution in [1.82, 2.24) is 0 Å². The molecular formula is C13H19N3O2. The van der Waals surface area contributed by atoms with Gasteiger partial charge < -0.3 is 21.1 Å². The molecule has 0 atom stereocenters. The number of carbonyl (C=O) groups excluding carboxylic acids is 1. The highest BCUT2D eigenvalue weighted by atomic mass is 16.5. The Hall–Kier alpha value is -1.75. The minimum atomic E-state index is -0.459. The molecule has 1 aromatic carbocycles. The number of nitrogens with zero attached hydrogens (tertiary/aromatic N) is 1. The molecular weight excluding hydrogens is 230 g/mol. The number of benzene rings is 1. The maximum atomic E-state index is 11.5. The fraction of sp³-hybridized carbons (Fsp3) is 0.462. The van der Waals surface area contributed by atoms with Gasteiger partial charge in [-0.05, 0) is 26.0 Å². The Bertz CT molecular complexity index is 471. The monoisotopic (exact) mass is 249 g/mol. The van der Waals surface area contributed by atoms with Gasteiger partial charge in [0, 0.05) is 6.54 Å². The topological polar surface area (TPSA) is 81.6 Å². The molecule has 1 aliphatic heterocycles. The molecule has 98 valence electrons. The van der Waals surface area contributed by atoms with Crippen molar-refractivity contribution >= 4 is 17.3 Å². The summed E-state index contributed by atoms with van der Waals surface area (Å²) >= 11 is 0. The first-order valence-corrected chi connectivity index (χ1v) is 5.97. The number of hydrogen-bond acceptors (Lipinski definition) is 4. The van der Waals surface area contributed by atoms with Crippen molar-refractivity contribution in [3.63, 3.8) is 0 Å². The molecule has 4 N–H and O–H groups in total. The van der Waals surface area contributed by atoms with Crippen molar-refractivity contribution in [2.24, 2.45) is 5.73 Å². The summed E-state index contributed by atoms with van der Waals surface area (Å²) in [6.07, 6.45) is 0. The number of morpholine rings is 1. The Labute approximate surface area is 107 Å². The highest BCUT2D eigenvalue weighted by Crippen LogP contribution is 2.34. The lowest BCUT2D eigenvalue weighted by atomic mass is 9.98. The van der Waals surface area contributed by atoms with Gasteiger partial charge in [-0.25, -0.2) is 0 Å². The third-order valence-electron chi connectivity index (χ3n) is 3.25. The van der Waals surface area contributed by atoms with Gasteiger partial charge >= 0.3 is 0 Å². The number of amides is 1. The van der Waals surface area contributed by atoms with Crippen LogP contribution in [0, 0.1) is 0 Å². The Kier molecular flexibility index (Phi) is 3.17. The molecule has 1 fully saturated rings. The van der Waals surface area contributed by atoms with Crippen LogP contribution < -0.4 is 16.4 Å². The molecule has 5 nitrogen and oxygen atoms in total. The first-order valence-electron chi connectivity index (χ1n) is 5.97. The van der Waals surface area contributed by atoms with Crippen molar-refractivity contribution in [3.05, 3.63) is 23.8 Å². The Morgan fingerprint density at radius 1 is 1.44 bits per heavy atom. The molecule has 2 rings (SSSR count). The number of primary amides is 1. The third kappa shape index (κ3) is 2.13. The lowest BCUT2D eigenvalue weighted by Gasteiger charge is -2.44. The molecule has 0 unspecified atom stereocenters. The molecule has 1 heterocycles. The summed E-state index contributed by atoms with van der Waals surface area (Å²) in [5, 5.41) is 0. The molecule has 0 aromatic heterocycles. The maximum absolute atomic E-state index is 11.5. The maximum Gasteiger partial charge on any atom is 0.250 e. The van der Waals surface area contributed by atoms with Crippen LogP contribution >= 0.6 is 0 Å². The molecule has 1 saturated heterocycles. The van der Waals surface area contributed by atoms with Gasteiger partial charge in [0.15, 0.2) is 0 Å². The van der Waals surface area contributed by atoms with Gasteiger partial charge in [-0.3, -0.25) is 4.79 Å². The quantitative estimate of drug-likeness (QED) is 0.766.